The van der Waals surface area contributed by atoms with E-state index in [1.54, 1.807) is 0 Å². The van der Waals surface area contributed by atoms with Gasteiger partial charge in [0, 0.05) is 0 Å². The van der Waals surface area contributed by atoms with E-state index in [1.165, 1.54) is 0 Å². The molecule has 0 aromatic heterocycles. The lowest BCUT2D eigenvalue weighted by atomic mass is 10.1. The number of nitrogens with one attached hydrogen (secondary N) is 1. The van der Waals surface area contributed by atoms with Crippen LogP contribution in [0.4, 0.5) is 0 Å². The molecule has 0 saturated heterocycles. The highest BCUT2D eigenvalue weighted by atomic mass is 79.9. The SMILES string of the molecule is O=C1NC(=O)c2c(O)c(Br)cc(O)c21. The number of hydrogen-bond donors (Lipinski definition) is 3. The molecule has 3 N–H and O–H groups in total. The summed E-state index contributed by atoms with van der Waals surface area (Å²) < 4.78 is 0.165. The van der Waals surface area contributed by atoms with Crippen molar-refractivity contribution in [3.8, 4) is 11.5 Å². The van der Waals surface area contributed by atoms with Crippen molar-refractivity contribution in [3.63, 3.8) is 0 Å². The van der Waals surface area contributed by atoms with Crippen LogP contribution in [-0.2, 0) is 0 Å². The molecule has 0 unspecified atom stereocenters. The highest BCUT2D eigenvalue weighted by molar-refractivity contribution is 9.10. The lowest BCUT2D eigenvalue weighted by molar-refractivity contribution is 0.0878. The molecule has 6 heteroatoms. The fourth-order valence-electron chi connectivity index (χ4n) is 1.31. The van der Waals surface area contributed by atoms with Crippen LogP contribution in [-0.4, -0.2) is 22.0 Å². The number of imide groups is 1. The summed E-state index contributed by atoms with van der Waals surface area (Å²) in [7, 11) is 0. The summed E-state index contributed by atoms with van der Waals surface area (Å²) in [6, 6.07) is 1.16. The molecule has 1 aromatic rings. The van der Waals surface area contributed by atoms with Crippen molar-refractivity contribution in [2.75, 3.05) is 0 Å². The van der Waals surface area contributed by atoms with Gasteiger partial charge < -0.3 is 10.2 Å². The Morgan fingerprint density at radius 1 is 1.14 bits per heavy atom. The second kappa shape index (κ2) is 2.71. The number of phenolic OH excluding ortho intramolecular Hbond substituents is 2. The van der Waals surface area contributed by atoms with Gasteiger partial charge >= 0.3 is 0 Å². The molecular weight excluding hydrogens is 254 g/mol. The maximum absolute atomic E-state index is 11.2. The van der Waals surface area contributed by atoms with E-state index in [1.807, 2.05) is 5.32 Å². The number of aromatic hydroxyl groups is 2. The Hall–Kier alpha value is -1.56. The molecule has 2 amide bonds. The van der Waals surface area contributed by atoms with Crippen molar-refractivity contribution in [1.82, 2.24) is 5.32 Å². The largest absolute Gasteiger partial charge is 0.507 e. The third-order valence-electron chi connectivity index (χ3n) is 1.91. The molecule has 1 heterocycles. The van der Waals surface area contributed by atoms with Gasteiger partial charge in [0.15, 0.2) is 0 Å². The number of phenols is 2. The summed E-state index contributed by atoms with van der Waals surface area (Å²) >= 11 is 2.95. The minimum Gasteiger partial charge on any atom is -0.507 e. The van der Waals surface area contributed by atoms with Crippen LogP contribution in [0.3, 0.4) is 0 Å². The Balaban J connectivity index is 2.86. The number of benzene rings is 1. The van der Waals surface area contributed by atoms with Crippen LogP contribution in [0.5, 0.6) is 11.5 Å². The zero-order chi connectivity index (χ0) is 10.5. The molecule has 0 bridgehead atoms. The zero-order valence-electron chi connectivity index (χ0n) is 6.67. The number of fused-ring (bicyclic) bond motifs is 1. The van der Waals surface area contributed by atoms with E-state index in [4.69, 9.17) is 0 Å². The second-order valence-corrected chi connectivity index (χ2v) is 3.61. The Bertz CT molecular complexity index is 469. The first-order valence-corrected chi connectivity index (χ1v) is 4.41. The Morgan fingerprint density at radius 3 is 2.36 bits per heavy atom. The van der Waals surface area contributed by atoms with Crippen molar-refractivity contribution in [2.45, 2.75) is 0 Å². The van der Waals surface area contributed by atoms with Crippen LogP contribution in [0.2, 0.25) is 0 Å². The molecule has 72 valence electrons. The standard InChI is InChI=1S/C8H4BrNO4/c9-2-1-3(11)4-5(6(2)12)8(14)10-7(4)13/h1,11-12H,(H,10,13,14). The molecule has 1 aliphatic heterocycles. The van der Waals surface area contributed by atoms with Gasteiger partial charge in [0.1, 0.15) is 11.5 Å². The fraction of sp³-hybridized carbons (Fsp3) is 0. The summed E-state index contributed by atoms with van der Waals surface area (Å²) in [5, 5.41) is 20.8. The maximum Gasteiger partial charge on any atom is 0.262 e. The molecular formula is C8H4BrNO4. The van der Waals surface area contributed by atoms with Gasteiger partial charge in [-0.1, -0.05) is 0 Å². The number of hydrogen-bond acceptors (Lipinski definition) is 4. The van der Waals surface area contributed by atoms with E-state index in [9.17, 15) is 19.8 Å². The van der Waals surface area contributed by atoms with Gasteiger partial charge in [0.05, 0.1) is 15.6 Å². The molecule has 14 heavy (non-hydrogen) atoms. The molecule has 2 rings (SSSR count). The van der Waals surface area contributed by atoms with E-state index < -0.39 is 11.8 Å². The molecule has 0 radical (unpaired) electrons. The Kier molecular flexibility index (Phi) is 1.75. The molecule has 0 aliphatic carbocycles. The quantitative estimate of drug-likeness (QED) is 0.473. The van der Waals surface area contributed by atoms with Crippen molar-refractivity contribution in [2.24, 2.45) is 0 Å². The van der Waals surface area contributed by atoms with Gasteiger partial charge in [-0.2, -0.15) is 0 Å². The average Bonchev–Trinajstić information content (AvgIpc) is 2.38. The summed E-state index contributed by atoms with van der Waals surface area (Å²) in [4.78, 5) is 22.3. The first kappa shape index (κ1) is 9.01. The number of rotatable bonds is 0. The van der Waals surface area contributed by atoms with E-state index in [0.29, 0.717) is 0 Å². The number of carbonyl (C=O) groups excluding carboxylic acids is 2. The predicted octanol–water partition coefficient (Wildman–Crippen LogP) is 0.744. The summed E-state index contributed by atoms with van der Waals surface area (Å²) in [5.41, 5.74) is -0.377. The first-order chi connectivity index (χ1) is 6.52. The van der Waals surface area contributed by atoms with Crippen molar-refractivity contribution >= 4 is 27.7 Å². The van der Waals surface area contributed by atoms with Gasteiger partial charge in [0.25, 0.3) is 11.8 Å². The van der Waals surface area contributed by atoms with E-state index in [-0.39, 0.29) is 27.1 Å². The minimum atomic E-state index is -0.709. The molecule has 1 aromatic carbocycles. The van der Waals surface area contributed by atoms with Gasteiger partial charge in [0.2, 0.25) is 0 Å². The predicted molar refractivity (Wildman–Crippen MR) is 49.3 cm³/mol. The van der Waals surface area contributed by atoms with Gasteiger partial charge in [-0.05, 0) is 22.0 Å². The van der Waals surface area contributed by atoms with E-state index in [0.717, 1.165) is 6.07 Å². The third kappa shape index (κ3) is 1.00. The Morgan fingerprint density at radius 2 is 1.71 bits per heavy atom. The summed E-state index contributed by atoms with van der Waals surface area (Å²) in [6.45, 7) is 0. The zero-order valence-corrected chi connectivity index (χ0v) is 8.25. The minimum absolute atomic E-state index is 0.165. The Labute approximate surface area is 86.5 Å². The average molecular weight is 258 g/mol. The normalized spacial score (nSPS) is 14.1. The molecule has 0 saturated carbocycles. The van der Waals surface area contributed by atoms with Crippen LogP contribution in [0.1, 0.15) is 20.7 Å². The topological polar surface area (TPSA) is 86.6 Å². The van der Waals surface area contributed by atoms with Crippen molar-refractivity contribution in [1.29, 1.82) is 0 Å². The molecule has 5 nitrogen and oxygen atoms in total. The van der Waals surface area contributed by atoms with Crippen LogP contribution < -0.4 is 5.32 Å². The van der Waals surface area contributed by atoms with Crippen LogP contribution in [0, 0.1) is 0 Å². The van der Waals surface area contributed by atoms with Crippen molar-refractivity contribution in [3.05, 3.63) is 21.7 Å². The summed E-state index contributed by atoms with van der Waals surface area (Å²) in [5.74, 6) is -2.10. The number of carbonyl (C=O) groups is 2. The number of amides is 2. The van der Waals surface area contributed by atoms with Crippen LogP contribution in [0.25, 0.3) is 0 Å². The molecule has 0 fully saturated rings. The van der Waals surface area contributed by atoms with Crippen LogP contribution >= 0.6 is 15.9 Å². The third-order valence-corrected chi connectivity index (χ3v) is 2.52. The molecule has 0 spiro atoms. The first-order valence-electron chi connectivity index (χ1n) is 3.62. The fourth-order valence-corrected chi connectivity index (χ4v) is 1.72. The second-order valence-electron chi connectivity index (χ2n) is 2.76. The van der Waals surface area contributed by atoms with Gasteiger partial charge in [-0.25, -0.2) is 0 Å². The van der Waals surface area contributed by atoms with Gasteiger partial charge in [-0.3, -0.25) is 14.9 Å². The molecule has 0 atom stereocenters. The highest BCUT2D eigenvalue weighted by Crippen LogP contribution is 2.38. The van der Waals surface area contributed by atoms with Crippen LogP contribution in [0.15, 0.2) is 10.5 Å². The number of halogens is 1. The smallest absolute Gasteiger partial charge is 0.262 e. The lowest BCUT2D eigenvalue weighted by Crippen LogP contribution is -2.19. The van der Waals surface area contributed by atoms with E-state index >= 15 is 0 Å². The molecule has 1 aliphatic rings. The lowest BCUT2D eigenvalue weighted by Gasteiger charge is -2.03. The van der Waals surface area contributed by atoms with E-state index in [2.05, 4.69) is 15.9 Å². The summed E-state index contributed by atoms with van der Waals surface area (Å²) in [6.07, 6.45) is 0. The van der Waals surface area contributed by atoms with Gasteiger partial charge in [-0.15, -0.1) is 0 Å². The van der Waals surface area contributed by atoms with Crippen molar-refractivity contribution < 1.29 is 19.8 Å². The maximum atomic E-state index is 11.2. The highest BCUT2D eigenvalue weighted by Gasteiger charge is 2.34. The monoisotopic (exact) mass is 257 g/mol.